The molecular formula is C18H15ClFNO4. The molecule has 0 aromatic heterocycles. The molecule has 25 heavy (non-hydrogen) atoms. The fraction of sp³-hybridized carbons (Fsp3) is 0.222. The third-order valence-electron chi connectivity index (χ3n) is 3.95. The van der Waals surface area contributed by atoms with Gasteiger partial charge in [-0.15, -0.1) is 0 Å². The highest BCUT2D eigenvalue weighted by Crippen LogP contribution is 2.24. The monoisotopic (exact) mass is 363 g/mol. The van der Waals surface area contributed by atoms with Gasteiger partial charge < -0.3 is 15.2 Å². The molecule has 0 fully saturated rings. The van der Waals surface area contributed by atoms with Gasteiger partial charge in [-0.2, -0.15) is 0 Å². The quantitative estimate of drug-likeness (QED) is 0.872. The maximum absolute atomic E-state index is 13.8. The average molecular weight is 364 g/mol. The lowest BCUT2D eigenvalue weighted by atomic mass is 10.0. The number of carbonyl (C=O) groups excluding carboxylic acids is 2. The minimum absolute atomic E-state index is 0.0330. The van der Waals surface area contributed by atoms with Crippen LogP contribution in [0.3, 0.4) is 0 Å². The van der Waals surface area contributed by atoms with E-state index in [0.717, 1.165) is 0 Å². The first-order valence-electron chi connectivity index (χ1n) is 7.64. The molecular weight excluding hydrogens is 349 g/mol. The fourth-order valence-electron chi connectivity index (χ4n) is 2.62. The van der Waals surface area contributed by atoms with E-state index in [0.29, 0.717) is 11.3 Å². The minimum Gasteiger partial charge on any atom is -0.490 e. The third kappa shape index (κ3) is 3.65. The van der Waals surface area contributed by atoms with Crippen molar-refractivity contribution in [3.63, 3.8) is 0 Å². The first-order chi connectivity index (χ1) is 12.0. The van der Waals surface area contributed by atoms with Crippen LogP contribution in [0.15, 0.2) is 42.5 Å². The van der Waals surface area contributed by atoms with E-state index < -0.39 is 23.9 Å². The van der Waals surface area contributed by atoms with Gasteiger partial charge in [-0.05, 0) is 24.3 Å². The number of carbonyl (C=O) groups is 2. The molecule has 2 aromatic carbocycles. The number of hydrogen-bond donors (Lipinski definition) is 2. The van der Waals surface area contributed by atoms with Crippen molar-refractivity contribution < 1.29 is 23.8 Å². The summed E-state index contributed by atoms with van der Waals surface area (Å²) in [6.07, 6.45) is -1.84. The van der Waals surface area contributed by atoms with Crippen molar-refractivity contribution in [2.45, 2.75) is 18.6 Å². The number of nitrogens with one attached hydrogen (secondary N) is 1. The SMILES string of the molecule is O=C(NC1COc2ccccc2C1=O)C(O)Cc1c(F)cccc1Cl. The molecule has 1 aliphatic heterocycles. The van der Waals surface area contributed by atoms with Gasteiger partial charge in [0.15, 0.2) is 5.78 Å². The smallest absolute Gasteiger partial charge is 0.249 e. The molecule has 130 valence electrons. The second-order valence-electron chi connectivity index (χ2n) is 5.65. The van der Waals surface area contributed by atoms with Gasteiger partial charge in [0, 0.05) is 17.0 Å². The Morgan fingerprint density at radius 1 is 1.32 bits per heavy atom. The van der Waals surface area contributed by atoms with Crippen molar-refractivity contribution in [2.24, 2.45) is 0 Å². The molecule has 1 heterocycles. The topological polar surface area (TPSA) is 75.6 Å². The summed E-state index contributed by atoms with van der Waals surface area (Å²) in [5.41, 5.74) is 0.411. The molecule has 0 radical (unpaired) electrons. The standard InChI is InChI=1S/C18H15ClFNO4/c19-12-5-3-6-13(20)11(12)8-15(22)18(24)21-14-9-25-16-7-2-1-4-10(16)17(14)23/h1-7,14-15,22H,8-9H2,(H,21,24). The number of hydrogen-bond acceptors (Lipinski definition) is 4. The summed E-state index contributed by atoms with van der Waals surface area (Å²) in [6.45, 7) is -0.0330. The maximum atomic E-state index is 13.8. The molecule has 0 bridgehead atoms. The Morgan fingerprint density at radius 3 is 2.84 bits per heavy atom. The Bertz CT molecular complexity index is 806. The molecule has 0 aliphatic carbocycles. The first kappa shape index (κ1) is 17.4. The van der Waals surface area contributed by atoms with E-state index in [1.165, 1.54) is 18.2 Å². The van der Waals surface area contributed by atoms with Gasteiger partial charge in [0.1, 0.15) is 30.3 Å². The number of halogens is 2. The van der Waals surface area contributed by atoms with Gasteiger partial charge in [-0.1, -0.05) is 29.8 Å². The Balaban J connectivity index is 1.67. The largest absolute Gasteiger partial charge is 0.490 e. The Morgan fingerprint density at radius 2 is 2.08 bits per heavy atom. The van der Waals surface area contributed by atoms with Crippen LogP contribution < -0.4 is 10.1 Å². The zero-order valence-corrected chi connectivity index (χ0v) is 13.8. The maximum Gasteiger partial charge on any atom is 0.249 e. The van der Waals surface area contributed by atoms with E-state index in [-0.39, 0.29) is 29.4 Å². The highest BCUT2D eigenvalue weighted by molar-refractivity contribution is 6.31. The molecule has 3 rings (SSSR count). The molecule has 2 atom stereocenters. The van der Waals surface area contributed by atoms with Crippen LogP contribution >= 0.6 is 11.6 Å². The van der Waals surface area contributed by atoms with Crippen molar-refractivity contribution in [3.05, 3.63) is 64.4 Å². The van der Waals surface area contributed by atoms with Crippen molar-refractivity contribution in [3.8, 4) is 5.75 Å². The summed E-state index contributed by atoms with van der Waals surface area (Å²) >= 11 is 5.89. The van der Waals surface area contributed by atoms with Gasteiger partial charge in [-0.25, -0.2) is 4.39 Å². The van der Waals surface area contributed by atoms with Crippen LogP contribution in [-0.4, -0.2) is 35.5 Å². The van der Waals surface area contributed by atoms with Crippen molar-refractivity contribution >= 4 is 23.3 Å². The lowest BCUT2D eigenvalue weighted by molar-refractivity contribution is -0.130. The Kier molecular flexibility index (Phi) is 5.01. The van der Waals surface area contributed by atoms with Crippen LogP contribution in [0.1, 0.15) is 15.9 Å². The number of Topliss-reactive ketones (excluding diaryl/α,β-unsaturated/α-hetero) is 1. The summed E-state index contributed by atoms with van der Waals surface area (Å²) in [7, 11) is 0. The number of rotatable bonds is 4. The molecule has 2 unspecified atom stereocenters. The van der Waals surface area contributed by atoms with E-state index >= 15 is 0 Å². The highest BCUT2D eigenvalue weighted by Gasteiger charge is 2.31. The first-order valence-corrected chi connectivity index (χ1v) is 8.02. The van der Waals surface area contributed by atoms with Crippen molar-refractivity contribution in [2.75, 3.05) is 6.61 Å². The van der Waals surface area contributed by atoms with Gasteiger partial charge in [-0.3, -0.25) is 9.59 Å². The summed E-state index contributed by atoms with van der Waals surface area (Å²) in [5.74, 6) is -1.24. The van der Waals surface area contributed by atoms with Crippen molar-refractivity contribution in [1.82, 2.24) is 5.32 Å². The zero-order valence-electron chi connectivity index (χ0n) is 13.0. The van der Waals surface area contributed by atoms with Crippen LogP contribution in [0.4, 0.5) is 4.39 Å². The normalized spacial score (nSPS) is 17.4. The zero-order chi connectivity index (χ0) is 18.0. The molecule has 5 nitrogen and oxygen atoms in total. The average Bonchev–Trinajstić information content (AvgIpc) is 2.60. The minimum atomic E-state index is -1.54. The Labute approximate surface area is 148 Å². The molecule has 1 amide bonds. The molecule has 0 saturated carbocycles. The summed E-state index contributed by atoms with van der Waals surface area (Å²) in [5, 5.41) is 12.6. The second-order valence-corrected chi connectivity index (χ2v) is 6.06. The number of para-hydroxylation sites is 1. The van der Waals surface area contributed by atoms with Gasteiger partial charge in [0.2, 0.25) is 5.91 Å². The van der Waals surface area contributed by atoms with Crippen LogP contribution in [0.5, 0.6) is 5.75 Å². The van der Waals surface area contributed by atoms with Crippen LogP contribution in [0.25, 0.3) is 0 Å². The fourth-order valence-corrected chi connectivity index (χ4v) is 2.86. The molecule has 0 spiro atoms. The van der Waals surface area contributed by atoms with E-state index in [4.69, 9.17) is 16.3 Å². The second kappa shape index (κ2) is 7.21. The summed E-state index contributed by atoms with van der Waals surface area (Å²) < 4.78 is 19.2. The summed E-state index contributed by atoms with van der Waals surface area (Å²) in [6, 6.07) is 9.90. The van der Waals surface area contributed by atoms with E-state index in [2.05, 4.69) is 5.32 Å². The lowest BCUT2D eigenvalue weighted by Gasteiger charge is -2.25. The van der Waals surface area contributed by atoms with Crippen LogP contribution in [0.2, 0.25) is 5.02 Å². The van der Waals surface area contributed by atoms with Crippen molar-refractivity contribution in [1.29, 1.82) is 0 Å². The van der Waals surface area contributed by atoms with Crippen LogP contribution in [-0.2, 0) is 11.2 Å². The molecule has 2 aromatic rings. The third-order valence-corrected chi connectivity index (χ3v) is 4.31. The van der Waals surface area contributed by atoms with E-state index in [1.54, 1.807) is 24.3 Å². The van der Waals surface area contributed by atoms with E-state index in [9.17, 15) is 19.1 Å². The predicted octanol–water partition coefficient (Wildman–Crippen LogP) is 2.14. The van der Waals surface area contributed by atoms with Gasteiger partial charge >= 0.3 is 0 Å². The number of aliphatic hydroxyl groups excluding tert-OH is 1. The number of benzene rings is 2. The predicted molar refractivity (Wildman–Crippen MR) is 89.3 cm³/mol. The highest BCUT2D eigenvalue weighted by atomic mass is 35.5. The van der Waals surface area contributed by atoms with Gasteiger partial charge in [0.25, 0.3) is 0 Å². The van der Waals surface area contributed by atoms with Crippen LogP contribution in [0, 0.1) is 5.82 Å². The molecule has 0 saturated heterocycles. The number of amides is 1. The molecule has 1 aliphatic rings. The number of aliphatic hydroxyl groups is 1. The summed E-state index contributed by atoms with van der Waals surface area (Å²) in [4.78, 5) is 24.5. The number of ether oxygens (including phenoxy) is 1. The lowest BCUT2D eigenvalue weighted by Crippen LogP contribution is -2.50. The van der Waals surface area contributed by atoms with E-state index in [1.807, 2.05) is 0 Å². The van der Waals surface area contributed by atoms with Gasteiger partial charge in [0.05, 0.1) is 5.56 Å². The number of fused-ring (bicyclic) bond motifs is 1. The Hall–Kier alpha value is -2.44. The molecule has 2 N–H and O–H groups in total. The number of ketones is 1. The molecule has 7 heteroatoms.